The van der Waals surface area contributed by atoms with Gasteiger partial charge in [0.1, 0.15) is 0 Å². The molecule has 0 radical (unpaired) electrons. The van der Waals surface area contributed by atoms with Crippen molar-refractivity contribution >= 4 is 17.8 Å². The van der Waals surface area contributed by atoms with Crippen molar-refractivity contribution in [1.29, 1.82) is 0 Å². The first-order chi connectivity index (χ1) is 16.3. The molecule has 0 bridgehead atoms. The predicted molar refractivity (Wildman–Crippen MR) is 131 cm³/mol. The number of aliphatic carboxylic acids is 2. The number of carbonyl (C=O) groups excluding carboxylic acids is 1. The standard InChI is InChI=1S/C28H35NO5/c1-19(27(31)32)16-24(17-20-12-14-22(15-13-20)21-8-4-2-5-9-21)29-26(30)18-25(28(33)34)23-10-6-3-7-11-23/h2,4-5,8-9,12-15,19,23-25H,3,6-7,10-11,16-18H2,1H3,(H,29,30)(H,31,32)(H,33,34)/t19-,24-,25?/m0/s1. The molecule has 0 aromatic heterocycles. The Morgan fingerprint density at radius 3 is 2.09 bits per heavy atom. The van der Waals surface area contributed by atoms with E-state index in [9.17, 15) is 24.6 Å². The molecule has 1 aliphatic rings. The Hall–Kier alpha value is -3.15. The fourth-order valence-corrected chi connectivity index (χ4v) is 4.95. The summed E-state index contributed by atoms with van der Waals surface area (Å²) < 4.78 is 0. The summed E-state index contributed by atoms with van der Waals surface area (Å²) in [6.45, 7) is 1.63. The normalized spacial score (nSPS) is 16.9. The molecular weight excluding hydrogens is 430 g/mol. The van der Waals surface area contributed by atoms with Gasteiger partial charge in [0.15, 0.2) is 0 Å². The zero-order valence-electron chi connectivity index (χ0n) is 19.8. The molecular formula is C28H35NO5. The third-order valence-corrected chi connectivity index (χ3v) is 6.91. The van der Waals surface area contributed by atoms with E-state index in [1.807, 2.05) is 54.6 Å². The lowest BCUT2D eigenvalue weighted by Gasteiger charge is -2.28. The molecule has 6 heteroatoms. The second-order valence-electron chi connectivity index (χ2n) is 9.55. The predicted octanol–water partition coefficient (Wildman–Crippen LogP) is 5.16. The van der Waals surface area contributed by atoms with E-state index < -0.39 is 23.8 Å². The minimum atomic E-state index is -0.922. The van der Waals surface area contributed by atoms with Gasteiger partial charge in [0.25, 0.3) is 0 Å². The van der Waals surface area contributed by atoms with Gasteiger partial charge in [0, 0.05) is 12.5 Å². The molecule has 0 aliphatic heterocycles. The Labute approximate surface area is 201 Å². The van der Waals surface area contributed by atoms with Crippen molar-refractivity contribution in [2.24, 2.45) is 17.8 Å². The summed E-state index contributed by atoms with van der Waals surface area (Å²) in [5.74, 6) is -3.44. The SMILES string of the molecule is C[C@@H](C[C@@H](Cc1ccc(-c2ccccc2)cc1)NC(=O)CC(C(=O)O)C1CCCCC1)C(=O)O. The van der Waals surface area contributed by atoms with E-state index in [2.05, 4.69) is 5.32 Å². The molecule has 3 N–H and O–H groups in total. The van der Waals surface area contributed by atoms with E-state index in [0.29, 0.717) is 6.42 Å². The maximum atomic E-state index is 12.9. The second kappa shape index (κ2) is 12.4. The summed E-state index contributed by atoms with van der Waals surface area (Å²) in [5.41, 5.74) is 3.19. The number of carboxylic acids is 2. The average molecular weight is 466 g/mol. The molecule has 1 saturated carbocycles. The van der Waals surface area contributed by atoms with Gasteiger partial charge in [-0.2, -0.15) is 0 Å². The van der Waals surface area contributed by atoms with E-state index in [1.165, 1.54) is 0 Å². The van der Waals surface area contributed by atoms with Crippen molar-refractivity contribution in [2.45, 2.75) is 64.3 Å². The number of amides is 1. The maximum absolute atomic E-state index is 12.9. The van der Waals surface area contributed by atoms with Crippen LogP contribution in [-0.2, 0) is 20.8 Å². The molecule has 2 aromatic rings. The lowest BCUT2D eigenvalue weighted by atomic mass is 9.78. The van der Waals surface area contributed by atoms with Gasteiger partial charge in [-0.15, -0.1) is 0 Å². The monoisotopic (exact) mass is 465 g/mol. The van der Waals surface area contributed by atoms with E-state index in [0.717, 1.165) is 48.8 Å². The van der Waals surface area contributed by atoms with Crippen molar-refractivity contribution in [3.05, 3.63) is 60.2 Å². The molecule has 1 unspecified atom stereocenters. The number of benzene rings is 2. The van der Waals surface area contributed by atoms with Crippen LogP contribution in [0, 0.1) is 17.8 Å². The second-order valence-corrected chi connectivity index (χ2v) is 9.55. The summed E-state index contributed by atoms with van der Waals surface area (Å²) in [7, 11) is 0. The molecule has 3 atom stereocenters. The van der Waals surface area contributed by atoms with E-state index in [4.69, 9.17) is 0 Å². The fraction of sp³-hybridized carbons (Fsp3) is 0.464. The summed E-state index contributed by atoms with van der Waals surface area (Å²) >= 11 is 0. The number of carboxylic acid groups (broad SMARTS) is 2. The van der Waals surface area contributed by atoms with Gasteiger partial charge < -0.3 is 15.5 Å². The van der Waals surface area contributed by atoms with Crippen LogP contribution in [-0.4, -0.2) is 34.1 Å². The Bertz CT molecular complexity index is 951. The number of carbonyl (C=O) groups is 3. The highest BCUT2D eigenvalue weighted by molar-refractivity contribution is 5.82. The van der Waals surface area contributed by atoms with Gasteiger partial charge in [-0.25, -0.2) is 0 Å². The minimum absolute atomic E-state index is 0.0268. The number of hydrogen-bond donors (Lipinski definition) is 3. The third kappa shape index (κ3) is 7.44. The molecule has 3 rings (SSSR count). The van der Waals surface area contributed by atoms with E-state index >= 15 is 0 Å². The zero-order chi connectivity index (χ0) is 24.5. The van der Waals surface area contributed by atoms with Gasteiger partial charge in [-0.3, -0.25) is 14.4 Å². The van der Waals surface area contributed by atoms with Crippen LogP contribution in [0.3, 0.4) is 0 Å². The van der Waals surface area contributed by atoms with Gasteiger partial charge >= 0.3 is 11.9 Å². The van der Waals surface area contributed by atoms with Crippen molar-refractivity contribution in [1.82, 2.24) is 5.32 Å². The highest BCUT2D eigenvalue weighted by atomic mass is 16.4. The molecule has 34 heavy (non-hydrogen) atoms. The Balaban J connectivity index is 1.68. The highest BCUT2D eigenvalue weighted by Gasteiger charge is 2.32. The first kappa shape index (κ1) is 25.5. The highest BCUT2D eigenvalue weighted by Crippen LogP contribution is 2.32. The Kier molecular flexibility index (Phi) is 9.25. The lowest BCUT2D eigenvalue weighted by Crippen LogP contribution is -2.41. The largest absolute Gasteiger partial charge is 0.481 e. The van der Waals surface area contributed by atoms with Crippen LogP contribution in [0.4, 0.5) is 0 Å². The minimum Gasteiger partial charge on any atom is -0.481 e. The first-order valence-electron chi connectivity index (χ1n) is 12.2. The third-order valence-electron chi connectivity index (χ3n) is 6.91. The van der Waals surface area contributed by atoms with Gasteiger partial charge in [0.2, 0.25) is 5.91 Å². The number of hydrogen-bond acceptors (Lipinski definition) is 3. The molecule has 0 spiro atoms. The molecule has 1 aliphatic carbocycles. The smallest absolute Gasteiger partial charge is 0.307 e. The van der Waals surface area contributed by atoms with Crippen molar-refractivity contribution in [2.75, 3.05) is 0 Å². The summed E-state index contributed by atoms with van der Waals surface area (Å²) in [6, 6.07) is 17.7. The molecule has 0 heterocycles. The zero-order valence-corrected chi connectivity index (χ0v) is 19.8. The van der Waals surface area contributed by atoms with Gasteiger partial charge in [0.05, 0.1) is 11.8 Å². The summed E-state index contributed by atoms with van der Waals surface area (Å²) in [4.78, 5) is 36.2. The van der Waals surface area contributed by atoms with Crippen LogP contribution in [0.5, 0.6) is 0 Å². The quantitative estimate of drug-likeness (QED) is 0.425. The van der Waals surface area contributed by atoms with Crippen LogP contribution in [0.15, 0.2) is 54.6 Å². The molecule has 6 nitrogen and oxygen atoms in total. The first-order valence-corrected chi connectivity index (χ1v) is 12.2. The number of nitrogens with one attached hydrogen (secondary N) is 1. The van der Waals surface area contributed by atoms with Crippen LogP contribution >= 0.6 is 0 Å². The van der Waals surface area contributed by atoms with Crippen molar-refractivity contribution < 1.29 is 24.6 Å². The Morgan fingerprint density at radius 1 is 0.882 bits per heavy atom. The summed E-state index contributed by atoms with van der Waals surface area (Å²) in [6.07, 6.45) is 5.52. The maximum Gasteiger partial charge on any atom is 0.307 e. The molecule has 1 fully saturated rings. The average Bonchev–Trinajstić information content (AvgIpc) is 2.83. The lowest BCUT2D eigenvalue weighted by molar-refractivity contribution is -0.146. The van der Waals surface area contributed by atoms with Crippen LogP contribution in [0.1, 0.15) is 57.4 Å². The van der Waals surface area contributed by atoms with Crippen LogP contribution in [0.2, 0.25) is 0 Å². The van der Waals surface area contributed by atoms with Crippen LogP contribution in [0.25, 0.3) is 11.1 Å². The molecule has 1 amide bonds. The number of rotatable bonds is 11. The summed E-state index contributed by atoms with van der Waals surface area (Å²) in [5, 5.41) is 22.1. The molecule has 182 valence electrons. The Morgan fingerprint density at radius 2 is 1.50 bits per heavy atom. The fourth-order valence-electron chi connectivity index (χ4n) is 4.95. The van der Waals surface area contributed by atoms with E-state index in [1.54, 1.807) is 6.92 Å². The van der Waals surface area contributed by atoms with Crippen molar-refractivity contribution in [3.63, 3.8) is 0 Å². The topological polar surface area (TPSA) is 104 Å². The van der Waals surface area contributed by atoms with Crippen LogP contribution < -0.4 is 5.32 Å². The molecule has 2 aromatic carbocycles. The van der Waals surface area contributed by atoms with E-state index in [-0.39, 0.29) is 30.7 Å². The molecule has 0 saturated heterocycles. The van der Waals surface area contributed by atoms with Crippen molar-refractivity contribution in [3.8, 4) is 11.1 Å². The van der Waals surface area contributed by atoms with Gasteiger partial charge in [-0.1, -0.05) is 80.8 Å². The van der Waals surface area contributed by atoms with Gasteiger partial charge in [-0.05, 0) is 48.3 Å².